The standard InChI is InChI=1S/C26H23N3O3S/c1-19-24(16-17-25(27-19)20-10-5-3-6-11-20)26(30)28-21-12-9-15-23(18-21)33(31,32)29(2)22-13-7-4-8-14-22/h3-18H,1-2H3,(H,28,30). The van der Waals surface area contributed by atoms with Crippen molar-refractivity contribution in [2.75, 3.05) is 16.7 Å². The predicted octanol–water partition coefficient (Wildman–Crippen LogP) is 5.13. The smallest absolute Gasteiger partial charge is 0.264 e. The Morgan fingerprint density at radius 3 is 2.18 bits per heavy atom. The van der Waals surface area contributed by atoms with Gasteiger partial charge in [-0.25, -0.2) is 8.42 Å². The first kappa shape index (κ1) is 22.2. The highest BCUT2D eigenvalue weighted by atomic mass is 32.2. The highest BCUT2D eigenvalue weighted by Gasteiger charge is 2.22. The molecule has 166 valence electrons. The molecule has 0 radical (unpaired) electrons. The Morgan fingerprint density at radius 1 is 0.848 bits per heavy atom. The van der Waals surface area contributed by atoms with Crippen LogP contribution in [0.4, 0.5) is 11.4 Å². The van der Waals surface area contributed by atoms with Gasteiger partial charge in [0.15, 0.2) is 0 Å². The summed E-state index contributed by atoms with van der Waals surface area (Å²) in [6.07, 6.45) is 0. The quantitative estimate of drug-likeness (QED) is 0.435. The number of carbonyl (C=O) groups is 1. The summed E-state index contributed by atoms with van der Waals surface area (Å²) in [6.45, 7) is 1.77. The number of nitrogens with zero attached hydrogens (tertiary/aromatic N) is 2. The van der Waals surface area contributed by atoms with Crippen molar-refractivity contribution in [3.05, 3.63) is 108 Å². The second-order valence-electron chi connectivity index (χ2n) is 7.49. The predicted molar refractivity (Wildman–Crippen MR) is 131 cm³/mol. The normalized spacial score (nSPS) is 11.1. The van der Waals surface area contributed by atoms with Crippen molar-refractivity contribution in [2.45, 2.75) is 11.8 Å². The number of amides is 1. The lowest BCUT2D eigenvalue weighted by Gasteiger charge is -2.20. The minimum absolute atomic E-state index is 0.0842. The van der Waals surface area contributed by atoms with Crippen LogP contribution in [-0.2, 0) is 10.0 Å². The number of para-hydroxylation sites is 1. The average Bonchev–Trinajstić information content (AvgIpc) is 2.84. The van der Waals surface area contributed by atoms with Crippen LogP contribution in [0.15, 0.2) is 102 Å². The zero-order chi connectivity index (χ0) is 23.4. The third-order valence-corrected chi connectivity index (χ3v) is 7.05. The molecule has 0 atom stereocenters. The van der Waals surface area contributed by atoms with Crippen molar-refractivity contribution in [1.82, 2.24) is 4.98 Å². The molecule has 0 unspecified atom stereocenters. The maximum atomic E-state index is 13.1. The largest absolute Gasteiger partial charge is 0.322 e. The van der Waals surface area contributed by atoms with Crippen LogP contribution in [-0.4, -0.2) is 26.4 Å². The highest BCUT2D eigenvalue weighted by molar-refractivity contribution is 7.92. The van der Waals surface area contributed by atoms with Crippen molar-refractivity contribution in [1.29, 1.82) is 0 Å². The van der Waals surface area contributed by atoms with E-state index in [1.165, 1.54) is 23.5 Å². The number of anilines is 2. The van der Waals surface area contributed by atoms with Gasteiger partial charge in [-0.1, -0.05) is 54.6 Å². The molecule has 0 spiro atoms. The second-order valence-corrected chi connectivity index (χ2v) is 9.45. The Kier molecular flexibility index (Phi) is 6.24. The van der Waals surface area contributed by atoms with E-state index >= 15 is 0 Å². The molecular formula is C26H23N3O3S. The summed E-state index contributed by atoms with van der Waals surface area (Å²) in [6, 6.07) is 28.3. The highest BCUT2D eigenvalue weighted by Crippen LogP contribution is 2.24. The number of nitrogens with one attached hydrogen (secondary N) is 1. The summed E-state index contributed by atoms with van der Waals surface area (Å²) in [5, 5.41) is 2.79. The van der Waals surface area contributed by atoms with Crippen LogP contribution < -0.4 is 9.62 Å². The molecule has 1 aromatic heterocycles. The van der Waals surface area contributed by atoms with Crippen LogP contribution in [0.2, 0.25) is 0 Å². The Balaban J connectivity index is 1.56. The fourth-order valence-electron chi connectivity index (χ4n) is 3.44. The third-order valence-electron chi connectivity index (χ3n) is 5.27. The zero-order valence-electron chi connectivity index (χ0n) is 18.3. The average molecular weight is 458 g/mol. The van der Waals surface area contributed by atoms with Crippen LogP contribution in [0.5, 0.6) is 0 Å². The summed E-state index contributed by atoms with van der Waals surface area (Å²) in [5.74, 6) is -0.356. The fraction of sp³-hybridized carbons (Fsp3) is 0.0769. The number of rotatable bonds is 6. The SMILES string of the molecule is Cc1nc(-c2ccccc2)ccc1C(=O)Nc1cccc(S(=O)(=O)N(C)c2ccccc2)c1. The van der Waals surface area contributed by atoms with Gasteiger partial charge in [-0.05, 0) is 49.4 Å². The molecule has 4 aromatic rings. The lowest BCUT2D eigenvalue weighted by molar-refractivity contribution is 0.102. The molecule has 0 saturated heterocycles. The van der Waals surface area contributed by atoms with Gasteiger partial charge >= 0.3 is 0 Å². The lowest BCUT2D eigenvalue weighted by atomic mass is 10.1. The van der Waals surface area contributed by atoms with Crippen LogP contribution in [0.1, 0.15) is 16.1 Å². The van der Waals surface area contributed by atoms with E-state index in [1.807, 2.05) is 36.4 Å². The topological polar surface area (TPSA) is 79.4 Å². The molecule has 0 aliphatic carbocycles. The number of aromatic nitrogens is 1. The number of aryl methyl sites for hydroxylation is 1. The van der Waals surface area contributed by atoms with Gasteiger partial charge in [-0.3, -0.25) is 14.1 Å². The minimum Gasteiger partial charge on any atom is -0.322 e. The van der Waals surface area contributed by atoms with Gasteiger partial charge in [0.05, 0.1) is 27.5 Å². The van der Waals surface area contributed by atoms with E-state index in [2.05, 4.69) is 10.3 Å². The molecule has 33 heavy (non-hydrogen) atoms. The number of carbonyl (C=O) groups excluding carboxylic acids is 1. The molecule has 0 fully saturated rings. The van der Waals surface area contributed by atoms with E-state index in [0.29, 0.717) is 22.6 Å². The third kappa shape index (κ3) is 4.78. The van der Waals surface area contributed by atoms with Crippen molar-refractivity contribution in [2.24, 2.45) is 0 Å². The summed E-state index contributed by atoms with van der Waals surface area (Å²) in [5.41, 5.74) is 3.68. The van der Waals surface area contributed by atoms with Gasteiger partial charge < -0.3 is 5.32 Å². The molecule has 0 aliphatic rings. The van der Waals surface area contributed by atoms with E-state index in [9.17, 15) is 13.2 Å². The van der Waals surface area contributed by atoms with Crippen molar-refractivity contribution < 1.29 is 13.2 Å². The van der Waals surface area contributed by atoms with Gasteiger partial charge in [0.25, 0.3) is 15.9 Å². The van der Waals surface area contributed by atoms with Gasteiger partial charge in [-0.2, -0.15) is 0 Å². The number of hydrogen-bond donors (Lipinski definition) is 1. The minimum atomic E-state index is -3.79. The molecule has 1 amide bonds. The fourth-order valence-corrected chi connectivity index (χ4v) is 4.68. The van der Waals surface area contributed by atoms with Gasteiger partial charge in [0, 0.05) is 18.3 Å². The molecule has 1 N–H and O–H groups in total. The van der Waals surface area contributed by atoms with E-state index < -0.39 is 10.0 Å². The van der Waals surface area contributed by atoms with Crippen molar-refractivity contribution in [3.8, 4) is 11.3 Å². The summed E-state index contributed by atoms with van der Waals surface area (Å²) >= 11 is 0. The molecule has 4 rings (SSSR count). The molecular weight excluding hydrogens is 434 g/mol. The zero-order valence-corrected chi connectivity index (χ0v) is 19.1. The molecule has 0 saturated carbocycles. The van der Waals surface area contributed by atoms with Crippen molar-refractivity contribution in [3.63, 3.8) is 0 Å². The molecule has 0 bridgehead atoms. The van der Waals surface area contributed by atoms with Gasteiger partial charge in [-0.15, -0.1) is 0 Å². The summed E-state index contributed by atoms with van der Waals surface area (Å²) in [4.78, 5) is 17.5. The molecule has 0 aliphatic heterocycles. The molecule has 7 heteroatoms. The van der Waals surface area contributed by atoms with Crippen LogP contribution in [0, 0.1) is 6.92 Å². The van der Waals surface area contributed by atoms with Crippen molar-refractivity contribution >= 4 is 27.3 Å². The van der Waals surface area contributed by atoms with E-state index in [0.717, 1.165) is 11.3 Å². The maximum Gasteiger partial charge on any atom is 0.264 e. The lowest BCUT2D eigenvalue weighted by Crippen LogP contribution is -2.26. The van der Waals surface area contributed by atoms with Gasteiger partial charge in [0.1, 0.15) is 0 Å². The Labute approximate surface area is 193 Å². The number of benzene rings is 3. The molecule has 6 nitrogen and oxygen atoms in total. The van der Waals surface area contributed by atoms with E-state index in [1.54, 1.807) is 55.5 Å². The van der Waals surface area contributed by atoms with E-state index in [-0.39, 0.29) is 10.8 Å². The van der Waals surface area contributed by atoms with Crippen LogP contribution in [0.25, 0.3) is 11.3 Å². The summed E-state index contributed by atoms with van der Waals surface area (Å²) in [7, 11) is -2.29. The number of hydrogen-bond acceptors (Lipinski definition) is 4. The molecule has 1 heterocycles. The Morgan fingerprint density at radius 2 is 1.52 bits per heavy atom. The first-order chi connectivity index (χ1) is 15.9. The Bertz CT molecular complexity index is 1390. The number of pyridine rings is 1. The molecule has 3 aromatic carbocycles. The van der Waals surface area contributed by atoms with Crippen LogP contribution >= 0.6 is 0 Å². The number of sulfonamides is 1. The monoisotopic (exact) mass is 457 g/mol. The first-order valence-electron chi connectivity index (χ1n) is 10.3. The Hall–Kier alpha value is -3.97. The first-order valence-corrected chi connectivity index (χ1v) is 11.8. The van der Waals surface area contributed by atoms with E-state index in [4.69, 9.17) is 0 Å². The van der Waals surface area contributed by atoms with Gasteiger partial charge in [0.2, 0.25) is 0 Å². The second kappa shape index (κ2) is 9.26. The summed E-state index contributed by atoms with van der Waals surface area (Å²) < 4.78 is 27.4. The maximum absolute atomic E-state index is 13.1. The van der Waals surface area contributed by atoms with Crippen LogP contribution in [0.3, 0.4) is 0 Å².